The van der Waals surface area contributed by atoms with E-state index in [1.165, 1.54) is 6.92 Å². The van der Waals surface area contributed by atoms with E-state index in [2.05, 4.69) is 0 Å². The molecule has 0 aliphatic rings. The van der Waals surface area contributed by atoms with Crippen molar-refractivity contribution in [1.29, 1.82) is 0 Å². The molecule has 0 aliphatic heterocycles. The number of amides is 1. The molecule has 0 aromatic heterocycles. The first kappa shape index (κ1) is 18.3. The molecule has 0 rings (SSSR count). The smallest absolute Gasteiger partial charge is 0.345 e. The number of hydrogen-bond acceptors (Lipinski definition) is 6. The van der Waals surface area contributed by atoms with Gasteiger partial charge in [0.25, 0.3) is 0 Å². The second kappa shape index (κ2) is 7.81. The Morgan fingerprint density at radius 3 is 2.05 bits per heavy atom. The zero-order valence-electron chi connectivity index (χ0n) is 11.8. The average molecular weight is 290 g/mol. The molecule has 6 N–H and O–H groups in total. The van der Waals surface area contributed by atoms with Crippen LogP contribution in [0.5, 0.6) is 0 Å². The molecule has 116 valence electrons. The maximum Gasteiger partial charge on any atom is 0.345 e. The van der Waals surface area contributed by atoms with Crippen molar-refractivity contribution in [3.63, 3.8) is 0 Å². The predicted molar refractivity (Wildman–Crippen MR) is 69.3 cm³/mol. The van der Waals surface area contributed by atoms with Crippen molar-refractivity contribution >= 4 is 17.8 Å². The topological polar surface area (TPSA) is 153 Å². The average Bonchev–Trinajstić information content (AvgIpc) is 2.34. The van der Waals surface area contributed by atoms with Gasteiger partial charge in [-0.25, -0.2) is 4.79 Å². The Morgan fingerprint density at radius 2 is 1.75 bits per heavy atom. The van der Waals surface area contributed by atoms with Crippen LogP contribution in [0.2, 0.25) is 0 Å². The first-order valence-electron chi connectivity index (χ1n) is 6.29. The van der Waals surface area contributed by atoms with Gasteiger partial charge in [-0.05, 0) is 12.3 Å². The number of aliphatic carboxylic acids is 1. The SMILES string of the molecule is CCC(OC(=O)[C@@H](N)C(C(C)C)C(O)C(N)=O)C(=O)O. The summed E-state index contributed by atoms with van der Waals surface area (Å²) in [5.41, 5.74) is 10.7. The number of aliphatic hydroxyl groups is 1. The minimum atomic E-state index is -1.61. The minimum Gasteiger partial charge on any atom is -0.479 e. The fourth-order valence-corrected chi connectivity index (χ4v) is 1.85. The lowest BCUT2D eigenvalue weighted by Crippen LogP contribution is -2.52. The van der Waals surface area contributed by atoms with E-state index in [4.69, 9.17) is 21.3 Å². The van der Waals surface area contributed by atoms with Gasteiger partial charge in [-0.3, -0.25) is 9.59 Å². The fraction of sp³-hybridized carbons (Fsp3) is 0.750. The van der Waals surface area contributed by atoms with Crippen molar-refractivity contribution < 1.29 is 29.3 Å². The predicted octanol–water partition coefficient (Wildman–Crippen LogP) is -1.16. The number of aliphatic hydroxyl groups excluding tert-OH is 1. The summed E-state index contributed by atoms with van der Waals surface area (Å²) in [6, 6.07) is -1.34. The van der Waals surface area contributed by atoms with Crippen LogP contribution in [-0.4, -0.2) is 46.3 Å². The van der Waals surface area contributed by atoms with E-state index in [0.717, 1.165) is 0 Å². The van der Waals surface area contributed by atoms with Gasteiger partial charge < -0.3 is 26.4 Å². The largest absolute Gasteiger partial charge is 0.479 e. The highest BCUT2D eigenvalue weighted by molar-refractivity contribution is 5.83. The molecule has 0 radical (unpaired) electrons. The van der Waals surface area contributed by atoms with Gasteiger partial charge in [-0.15, -0.1) is 0 Å². The van der Waals surface area contributed by atoms with Crippen LogP contribution in [0, 0.1) is 11.8 Å². The van der Waals surface area contributed by atoms with Crippen LogP contribution < -0.4 is 11.5 Å². The normalized spacial score (nSPS) is 17.1. The molecule has 0 aromatic rings. The van der Waals surface area contributed by atoms with Crippen LogP contribution in [0.4, 0.5) is 0 Å². The van der Waals surface area contributed by atoms with E-state index in [9.17, 15) is 19.5 Å². The van der Waals surface area contributed by atoms with Gasteiger partial charge >= 0.3 is 11.9 Å². The van der Waals surface area contributed by atoms with E-state index in [1.54, 1.807) is 13.8 Å². The lowest BCUT2D eigenvalue weighted by Gasteiger charge is -2.29. The first-order valence-corrected chi connectivity index (χ1v) is 6.29. The second-order valence-electron chi connectivity index (χ2n) is 4.87. The van der Waals surface area contributed by atoms with E-state index in [-0.39, 0.29) is 12.3 Å². The quantitative estimate of drug-likeness (QED) is 0.411. The number of rotatable bonds is 8. The molecule has 0 aliphatic carbocycles. The Hall–Kier alpha value is -1.67. The van der Waals surface area contributed by atoms with E-state index in [1.807, 2.05) is 0 Å². The molecule has 0 saturated carbocycles. The molecule has 0 spiro atoms. The molecule has 4 atom stereocenters. The molecule has 0 fully saturated rings. The summed E-state index contributed by atoms with van der Waals surface area (Å²) in [4.78, 5) is 33.6. The van der Waals surface area contributed by atoms with Gasteiger partial charge in [-0.2, -0.15) is 0 Å². The van der Waals surface area contributed by atoms with Gasteiger partial charge in [0, 0.05) is 5.92 Å². The summed E-state index contributed by atoms with van der Waals surface area (Å²) in [6.45, 7) is 4.84. The number of carbonyl (C=O) groups is 3. The number of carboxylic acids is 1. The van der Waals surface area contributed by atoms with Crippen molar-refractivity contribution in [2.24, 2.45) is 23.3 Å². The number of esters is 1. The zero-order valence-corrected chi connectivity index (χ0v) is 11.8. The first-order chi connectivity index (χ1) is 9.13. The van der Waals surface area contributed by atoms with Crippen molar-refractivity contribution in [3.8, 4) is 0 Å². The molecular weight excluding hydrogens is 268 g/mol. The molecule has 0 aromatic carbocycles. The summed E-state index contributed by atoms with van der Waals surface area (Å²) in [6.07, 6.45) is -2.84. The van der Waals surface area contributed by atoms with E-state index < -0.39 is 42.0 Å². The lowest BCUT2D eigenvalue weighted by molar-refractivity contribution is -0.167. The number of primary amides is 1. The third-order valence-electron chi connectivity index (χ3n) is 3.02. The van der Waals surface area contributed by atoms with Gasteiger partial charge in [0.2, 0.25) is 5.91 Å². The van der Waals surface area contributed by atoms with Gasteiger partial charge in [0.05, 0.1) is 0 Å². The minimum absolute atomic E-state index is 0.0819. The van der Waals surface area contributed by atoms with Crippen molar-refractivity contribution in [2.45, 2.75) is 45.4 Å². The highest BCUT2D eigenvalue weighted by atomic mass is 16.6. The molecule has 1 amide bonds. The molecular formula is C12H22N2O6. The van der Waals surface area contributed by atoms with Crippen LogP contribution in [0.1, 0.15) is 27.2 Å². The number of carboxylic acid groups (broad SMARTS) is 1. The van der Waals surface area contributed by atoms with E-state index in [0.29, 0.717) is 0 Å². The molecule has 8 heteroatoms. The number of nitrogens with two attached hydrogens (primary N) is 2. The summed E-state index contributed by atoms with van der Waals surface area (Å²) in [7, 11) is 0. The third-order valence-corrected chi connectivity index (χ3v) is 3.02. The maximum absolute atomic E-state index is 11.8. The van der Waals surface area contributed by atoms with Crippen LogP contribution in [0.25, 0.3) is 0 Å². The number of ether oxygens (including phenoxy) is 1. The summed E-state index contributed by atoms with van der Waals surface area (Å²) < 4.78 is 4.76. The molecule has 8 nitrogen and oxygen atoms in total. The molecule has 0 heterocycles. The third kappa shape index (κ3) is 4.78. The Labute approximate surface area is 117 Å². The van der Waals surface area contributed by atoms with Crippen LogP contribution >= 0.6 is 0 Å². The van der Waals surface area contributed by atoms with Crippen LogP contribution in [-0.2, 0) is 19.1 Å². The number of hydrogen-bond donors (Lipinski definition) is 4. The number of carbonyl (C=O) groups excluding carboxylic acids is 2. The van der Waals surface area contributed by atoms with Crippen molar-refractivity contribution in [2.75, 3.05) is 0 Å². The summed E-state index contributed by atoms with van der Waals surface area (Å²) in [5, 5.41) is 18.5. The monoisotopic (exact) mass is 290 g/mol. The maximum atomic E-state index is 11.8. The van der Waals surface area contributed by atoms with Crippen molar-refractivity contribution in [3.05, 3.63) is 0 Å². The lowest BCUT2D eigenvalue weighted by atomic mass is 9.83. The van der Waals surface area contributed by atoms with Crippen molar-refractivity contribution in [1.82, 2.24) is 0 Å². The Morgan fingerprint density at radius 1 is 1.25 bits per heavy atom. The highest BCUT2D eigenvalue weighted by Gasteiger charge is 2.38. The summed E-state index contributed by atoms with van der Waals surface area (Å²) >= 11 is 0. The Bertz CT molecular complexity index is 371. The molecule has 0 bridgehead atoms. The highest BCUT2D eigenvalue weighted by Crippen LogP contribution is 2.20. The van der Waals surface area contributed by atoms with Crippen LogP contribution in [0.3, 0.4) is 0 Å². The van der Waals surface area contributed by atoms with Gasteiger partial charge in [0.15, 0.2) is 6.10 Å². The van der Waals surface area contributed by atoms with Gasteiger partial charge in [0.1, 0.15) is 12.1 Å². The molecule has 0 saturated heterocycles. The molecule has 20 heavy (non-hydrogen) atoms. The fourth-order valence-electron chi connectivity index (χ4n) is 1.85. The standard InChI is InChI=1S/C12H22N2O6/c1-4-6(11(17)18)20-12(19)8(13)7(5(2)3)9(15)10(14)16/h5-9,15H,4,13H2,1-3H3,(H2,14,16)(H,17,18)/t6?,7?,8-,9?/m0/s1. The summed E-state index contributed by atoms with van der Waals surface area (Å²) in [5.74, 6) is -4.56. The zero-order chi connectivity index (χ0) is 16.0. The molecule has 3 unspecified atom stereocenters. The van der Waals surface area contributed by atoms with E-state index >= 15 is 0 Å². The Balaban J connectivity index is 4.98. The van der Waals surface area contributed by atoms with Gasteiger partial charge in [-0.1, -0.05) is 20.8 Å². The van der Waals surface area contributed by atoms with Crippen LogP contribution in [0.15, 0.2) is 0 Å². The Kier molecular flexibility index (Phi) is 7.16. The second-order valence-corrected chi connectivity index (χ2v) is 4.87.